The molecule has 0 radical (unpaired) electrons. The van der Waals surface area contributed by atoms with Crippen molar-refractivity contribution in [3.63, 3.8) is 0 Å². The lowest BCUT2D eigenvalue weighted by Crippen LogP contribution is -1.98. The number of rotatable bonds is 6. The van der Waals surface area contributed by atoms with E-state index >= 15 is 0 Å². The Hall–Kier alpha value is -1.82. The molecular formula is C15H16N2O6S2. The number of azo groups is 1. The van der Waals surface area contributed by atoms with Crippen molar-refractivity contribution in [3.8, 4) is 0 Å². The number of hydrogen-bond donors (Lipinski definition) is 2. The van der Waals surface area contributed by atoms with E-state index in [4.69, 9.17) is 5.26 Å². The largest absolute Gasteiger partial charge is 0.296 e. The lowest BCUT2D eigenvalue weighted by Gasteiger charge is -2.06. The third kappa shape index (κ3) is 5.08. The fourth-order valence-electron chi connectivity index (χ4n) is 2.06. The molecule has 10 heteroatoms. The smallest absolute Gasteiger partial charge is 0.282 e. The molecule has 0 bridgehead atoms. The average Bonchev–Trinajstić information content (AvgIpc) is 2.54. The summed E-state index contributed by atoms with van der Waals surface area (Å²) < 4.78 is 36.7. The van der Waals surface area contributed by atoms with Crippen molar-refractivity contribution >= 4 is 33.5 Å². The van der Waals surface area contributed by atoms with Gasteiger partial charge in [-0.25, -0.2) is 5.26 Å². The first-order valence-electron chi connectivity index (χ1n) is 6.98. The van der Waals surface area contributed by atoms with Crippen molar-refractivity contribution in [2.24, 2.45) is 10.2 Å². The van der Waals surface area contributed by atoms with Crippen molar-refractivity contribution < 1.29 is 27.6 Å². The fraction of sp³-hybridized carbons (Fsp3) is 0.200. The van der Waals surface area contributed by atoms with Crippen LogP contribution in [0.2, 0.25) is 0 Å². The minimum atomic E-state index is -4.48. The van der Waals surface area contributed by atoms with E-state index in [9.17, 15) is 13.0 Å². The van der Waals surface area contributed by atoms with Crippen LogP contribution in [0.1, 0.15) is 16.7 Å². The highest BCUT2D eigenvalue weighted by molar-refractivity contribution is 7.94. The van der Waals surface area contributed by atoms with E-state index in [-0.39, 0.29) is 5.69 Å². The zero-order chi connectivity index (χ0) is 18.6. The van der Waals surface area contributed by atoms with Crippen molar-refractivity contribution in [1.29, 1.82) is 0 Å². The molecule has 2 N–H and O–H groups in total. The summed E-state index contributed by atoms with van der Waals surface area (Å²) in [7, 11) is -4.48. The van der Waals surface area contributed by atoms with Crippen LogP contribution in [-0.4, -0.2) is 18.2 Å². The molecule has 0 amide bonds. The molecule has 0 fully saturated rings. The Labute approximate surface area is 149 Å². The second-order valence-corrected chi connectivity index (χ2v) is 7.42. The fourth-order valence-corrected chi connectivity index (χ4v) is 3.06. The van der Waals surface area contributed by atoms with Crippen LogP contribution in [0.5, 0.6) is 0 Å². The summed E-state index contributed by atoms with van der Waals surface area (Å²) in [6.45, 7) is 5.77. The third-order valence-electron chi connectivity index (χ3n) is 3.45. The van der Waals surface area contributed by atoms with E-state index in [2.05, 4.69) is 19.6 Å². The lowest BCUT2D eigenvalue weighted by molar-refractivity contribution is -0.432. The molecule has 0 heterocycles. The topological polar surface area (TPSA) is 118 Å². The maximum atomic E-state index is 11.5. The van der Waals surface area contributed by atoms with Crippen LogP contribution in [0.4, 0.5) is 11.4 Å². The Kier molecular flexibility index (Phi) is 6.27. The second kappa shape index (κ2) is 8.04. The van der Waals surface area contributed by atoms with Crippen LogP contribution in [0.15, 0.2) is 50.4 Å². The summed E-state index contributed by atoms with van der Waals surface area (Å²) in [5.41, 5.74) is 3.51. The maximum Gasteiger partial charge on any atom is 0.296 e. The van der Waals surface area contributed by atoms with E-state index in [0.717, 1.165) is 22.8 Å². The minimum Gasteiger partial charge on any atom is -0.282 e. The van der Waals surface area contributed by atoms with Gasteiger partial charge >= 0.3 is 0 Å². The zero-order valence-corrected chi connectivity index (χ0v) is 15.3. The van der Waals surface area contributed by atoms with Crippen LogP contribution >= 0.6 is 12.0 Å². The molecule has 0 aliphatic heterocycles. The van der Waals surface area contributed by atoms with Crippen molar-refractivity contribution in [1.82, 2.24) is 0 Å². The minimum absolute atomic E-state index is 0.0772. The molecule has 0 saturated carbocycles. The van der Waals surface area contributed by atoms with Gasteiger partial charge in [-0.15, -0.1) is 9.45 Å². The zero-order valence-electron chi connectivity index (χ0n) is 13.6. The predicted octanol–water partition coefficient (Wildman–Crippen LogP) is 4.70. The molecule has 2 rings (SSSR count). The standard InChI is InChI=1S/C15H16N2O6S2/c1-9-6-11(3)13(7-10(9)2)16-17-14-8-12(24-23-22-18)4-5-15(14)25(19,20)21/h4-8,18H,1-3H3,(H,19,20,21). The van der Waals surface area contributed by atoms with Gasteiger partial charge in [0.15, 0.2) is 0 Å². The SMILES string of the molecule is Cc1cc(C)c(N=Nc2cc(SOOO)ccc2S(=O)(=O)O)cc1C. The van der Waals surface area contributed by atoms with Crippen LogP contribution < -0.4 is 0 Å². The van der Waals surface area contributed by atoms with E-state index in [1.54, 1.807) is 0 Å². The molecule has 2 aromatic carbocycles. The van der Waals surface area contributed by atoms with E-state index in [0.29, 0.717) is 22.6 Å². The normalized spacial score (nSPS) is 12.0. The first kappa shape index (κ1) is 19.5. The van der Waals surface area contributed by atoms with Crippen molar-refractivity contribution in [3.05, 3.63) is 47.0 Å². The maximum absolute atomic E-state index is 11.5. The highest BCUT2D eigenvalue weighted by Crippen LogP contribution is 2.32. The summed E-state index contributed by atoms with van der Waals surface area (Å²) in [6, 6.07) is 7.62. The van der Waals surface area contributed by atoms with E-state index < -0.39 is 15.0 Å². The van der Waals surface area contributed by atoms with Crippen LogP contribution in [0.25, 0.3) is 0 Å². The molecule has 25 heavy (non-hydrogen) atoms. The molecule has 0 unspecified atom stereocenters. The molecule has 0 atom stereocenters. The summed E-state index contributed by atoms with van der Waals surface area (Å²) in [5, 5.41) is 19.7. The predicted molar refractivity (Wildman–Crippen MR) is 91.7 cm³/mol. The van der Waals surface area contributed by atoms with Gasteiger partial charge in [-0.2, -0.15) is 13.5 Å². The summed E-state index contributed by atoms with van der Waals surface area (Å²) >= 11 is 0.633. The van der Waals surface area contributed by atoms with Crippen LogP contribution in [-0.2, 0) is 19.5 Å². The number of hydrogen-bond acceptors (Lipinski definition) is 8. The Morgan fingerprint density at radius 3 is 2.24 bits per heavy atom. The molecule has 0 aromatic heterocycles. The van der Waals surface area contributed by atoms with Gasteiger partial charge in [-0.3, -0.25) is 4.55 Å². The van der Waals surface area contributed by atoms with Gasteiger partial charge in [0.1, 0.15) is 10.6 Å². The molecule has 0 spiro atoms. The second-order valence-electron chi connectivity index (χ2n) is 5.25. The number of nitrogens with zero attached hydrogens (tertiary/aromatic N) is 2. The third-order valence-corrected chi connectivity index (χ3v) is 4.92. The van der Waals surface area contributed by atoms with Gasteiger partial charge in [0, 0.05) is 4.90 Å². The first-order valence-corrected chi connectivity index (χ1v) is 9.16. The van der Waals surface area contributed by atoms with Gasteiger partial charge in [-0.05, 0) is 61.7 Å². The van der Waals surface area contributed by atoms with Crippen molar-refractivity contribution in [2.45, 2.75) is 30.6 Å². The molecule has 2 aromatic rings. The van der Waals surface area contributed by atoms with Gasteiger partial charge in [0.25, 0.3) is 10.1 Å². The average molecular weight is 384 g/mol. The molecule has 134 valence electrons. The first-order chi connectivity index (χ1) is 11.7. The molecule has 8 nitrogen and oxygen atoms in total. The Morgan fingerprint density at radius 2 is 1.60 bits per heavy atom. The Bertz CT molecular complexity index is 912. The van der Waals surface area contributed by atoms with Gasteiger partial charge in [-0.1, -0.05) is 11.1 Å². The summed E-state index contributed by atoms with van der Waals surface area (Å²) in [6.07, 6.45) is 0. The lowest BCUT2D eigenvalue weighted by atomic mass is 10.1. The Morgan fingerprint density at radius 1 is 0.960 bits per heavy atom. The molecule has 0 aliphatic carbocycles. The number of aryl methyl sites for hydroxylation is 3. The number of benzene rings is 2. The van der Waals surface area contributed by atoms with Gasteiger partial charge < -0.3 is 0 Å². The molecule has 0 saturated heterocycles. The summed E-state index contributed by atoms with van der Waals surface area (Å²) in [4.78, 5) is -0.0146. The summed E-state index contributed by atoms with van der Waals surface area (Å²) in [5.74, 6) is 0. The highest BCUT2D eigenvalue weighted by Gasteiger charge is 2.17. The monoisotopic (exact) mass is 384 g/mol. The van der Waals surface area contributed by atoms with Gasteiger partial charge in [0.2, 0.25) is 0 Å². The quantitative estimate of drug-likeness (QED) is 0.243. The van der Waals surface area contributed by atoms with E-state index in [1.165, 1.54) is 12.1 Å². The van der Waals surface area contributed by atoms with Crippen LogP contribution in [0.3, 0.4) is 0 Å². The van der Waals surface area contributed by atoms with Gasteiger partial charge in [0.05, 0.1) is 17.7 Å². The van der Waals surface area contributed by atoms with E-state index in [1.807, 2.05) is 32.9 Å². The molecular weight excluding hydrogens is 368 g/mol. The highest BCUT2D eigenvalue weighted by atomic mass is 32.2. The Balaban J connectivity index is 2.47. The molecule has 0 aliphatic rings. The van der Waals surface area contributed by atoms with Crippen LogP contribution in [0, 0.1) is 20.8 Å². The van der Waals surface area contributed by atoms with Crippen molar-refractivity contribution in [2.75, 3.05) is 0 Å².